The zero-order valence-electron chi connectivity index (χ0n) is 29.8. The third-order valence-corrected chi connectivity index (χ3v) is 11.0. The number of furan rings is 1. The molecular formula is C49H34N4O. The van der Waals surface area contributed by atoms with Crippen molar-refractivity contribution in [3.63, 3.8) is 0 Å². The highest BCUT2D eigenvalue weighted by atomic mass is 16.3. The lowest BCUT2D eigenvalue weighted by Crippen LogP contribution is -2.33. The second kappa shape index (κ2) is 12.3. The van der Waals surface area contributed by atoms with E-state index in [0.717, 1.165) is 66.7 Å². The molecule has 0 saturated heterocycles. The summed E-state index contributed by atoms with van der Waals surface area (Å²) in [5, 5.41) is 15.4. The fourth-order valence-electron chi connectivity index (χ4n) is 8.20. The van der Waals surface area contributed by atoms with Gasteiger partial charge < -0.3 is 9.73 Å². The lowest BCUT2D eigenvalue weighted by molar-refractivity contribution is 0.660. The molecule has 1 unspecified atom stereocenters. The van der Waals surface area contributed by atoms with Crippen molar-refractivity contribution in [3.05, 3.63) is 191 Å². The van der Waals surface area contributed by atoms with Crippen LogP contribution in [0.15, 0.2) is 172 Å². The average Bonchev–Trinajstić information content (AvgIpc) is 3.72. The van der Waals surface area contributed by atoms with Gasteiger partial charge in [0.15, 0.2) is 5.84 Å². The van der Waals surface area contributed by atoms with Crippen molar-refractivity contribution in [2.24, 2.45) is 9.98 Å². The number of rotatable bonds is 5. The Morgan fingerprint density at radius 2 is 1.26 bits per heavy atom. The third-order valence-electron chi connectivity index (χ3n) is 11.0. The molecule has 0 bridgehead atoms. The first-order chi connectivity index (χ1) is 26.5. The van der Waals surface area contributed by atoms with E-state index in [9.17, 15) is 5.26 Å². The highest BCUT2D eigenvalue weighted by Gasteiger charge is 2.36. The number of amidine groups is 2. The van der Waals surface area contributed by atoms with Crippen LogP contribution >= 0.6 is 0 Å². The van der Waals surface area contributed by atoms with E-state index in [0.29, 0.717) is 11.4 Å². The quantitative estimate of drug-likeness (QED) is 0.195. The number of benzene rings is 7. The van der Waals surface area contributed by atoms with Crippen LogP contribution in [-0.2, 0) is 5.41 Å². The summed E-state index contributed by atoms with van der Waals surface area (Å²) in [6.07, 6.45) is -0.266. The monoisotopic (exact) mass is 694 g/mol. The number of nitriles is 1. The van der Waals surface area contributed by atoms with Gasteiger partial charge in [-0.1, -0.05) is 141 Å². The van der Waals surface area contributed by atoms with E-state index in [-0.39, 0.29) is 11.6 Å². The van der Waals surface area contributed by atoms with E-state index in [1.54, 1.807) is 0 Å². The molecule has 1 atom stereocenters. The predicted octanol–water partition coefficient (Wildman–Crippen LogP) is 11.6. The van der Waals surface area contributed by atoms with Crippen LogP contribution in [0.25, 0.3) is 55.3 Å². The minimum atomic E-state index is -0.274. The molecule has 54 heavy (non-hydrogen) atoms. The number of nitrogens with one attached hydrogen (secondary N) is 1. The van der Waals surface area contributed by atoms with E-state index in [2.05, 4.69) is 122 Å². The number of para-hydroxylation sites is 1. The minimum absolute atomic E-state index is 0.266. The molecule has 0 amide bonds. The first-order valence-electron chi connectivity index (χ1n) is 18.2. The second-order valence-electron chi connectivity index (χ2n) is 14.5. The van der Waals surface area contributed by atoms with Crippen molar-refractivity contribution in [2.75, 3.05) is 0 Å². The number of nitrogens with zero attached hydrogens (tertiary/aromatic N) is 3. The van der Waals surface area contributed by atoms with Crippen molar-refractivity contribution >= 4 is 33.6 Å². The first kappa shape index (κ1) is 31.7. The van der Waals surface area contributed by atoms with E-state index in [1.807, 2.05) is 60.7 Å². The number of aliphatic imine (C=N–C) groups is 2. The summed E-state index contributed by atoms with van der Waals surface area (Å²) in [7, 11) is 0. The molecule has 1 aliphatic heterocycles. The van der Waals surface area contributed by atoms with Gasteiger partial charge in [0.05, 0.1) is 11.6 Å². The Hall–Kier alpha value is -7.03. The second-order valence-corrected chi connectivity index (χ2v) is 14.5. The number of fused-ring (bicyclic) bond motifs is 6. The molecule has 0 fully saturated rings. The summed E-state index contributed by atoms with van der Waals surface area (Å²) < 4.78 is 6.71. The van der Waals surface area contributed by atoms with Crippen LogP contribution < -0.4 is 5.32 Å². The van der Waals surface area contributed by atoms with E-state index in [1.165, 1.54) is 22.3 Å². The van der Waals surface area contributed by atoms with Gasteiger partial charge in [0.1, 0.15) is 23.2 Å². The van der Waals surface area contributed by atoms with Gasteiger partial charge in [-0.05, 0) is 74.8 Å². The summed E-state index contributed by atoms with van der Waals surface area (Å²) in [4.78, 5) is 10.1. The van der Waals surface area contributed by atoms with Gasteiger partial charge in [0.25, 0.3) is 0 Å². The summed E-state index contributed by atoms with van der Waals surface area (Å²) >= 11 is 0. The van der Waals surface area contributed by atoms with Gasteiger partial charge in [0, 0.05) is 32.9 Å². The molecule has 5 nitrogen and oxygen atoms in total. The Kier molecular flexibility index (Phi) is 7.21. The summed E-state index contributed by atoms with van der Waals surface area (Å²) in [5.74, 6) is 1.47. The molecule has 8 aromatic rings. The molecular weight excluding hydrogens is 661 g/mol. The zero-order chi connectivity index (χ0) is 36.4. The van der Waals surface area contributed by atoms with E-state index < -0.39 is 0 Å². The summed E-state index contributed by atoms with van der Waals surface area (Å²) in [6.45, 7) is 4.50. The van der Waals surface area contributed by atoms with E-state index >= 15 is 0 Å². The van der Waals surface area contributed by atoms with Crippen molar-refractivity contribution in [1.29, 1.82) is 5.26 Å². The molecule has 1 N–H and O–H groups in total. The van der Waals surface area contributed by atoms with Gasteiger partial charge in [-0.2, -0.15) is 5.26 Å². The maximum Gasteiger partial charge on any atom is 0.159 e. The van der Waals surface area contributed by atoms with Crippen LogP contribution in [0.2, 0.25) is 0 Å². The molecule has 5 heteroatoms. The normalized spacial score (nSPS) is 15.5. The van der Waals surface area contributed by atoms with Crippen LogP contribution in [0.1, 0.15) is 53.4 Å². The largest absolute Gasteiger partial charge is 0.455 e. The smallest absolute Gasteiger partial charge is 0.159 e. The summed E-state index contributed by atoms with van der Waals surface area (Å²) in [6, 6.07) is 56.9. The zero-order valence-corrected chi connectivity index (χ0v) is 29.8. The Labute approximate surface area is 313 Å². The van der Waals surface area contributed by atoms with Gasteiger partial charge in [-0.15, -0.1) is 0 Å². The summed E-state index contributed by atoms with van der Waals surface area (Å²) in [5.41, 5.74) is 14.3. The van der Waals surface area contributed by atoms with Gasteiger partial charge in [-0.25, -0.2) is 9.98 Å². The Morgan fingerprint density at radius 1 is 0.611 bits per heavy atom. The molecule has 2 heterocycles. The Balaban J connectivity index is 1.11. The van der Waals surface area contributed by atoms with Crippen LogP contribution in [0.3, 0.4) is 0 Å². The molecule has 0 radical (unpaired) electrons. The van der Waals surface area contributed by atoms with E-state index in [4.69, 9.17) is 14.4 Å². The Bertz CT molecular complexity index is 2880. The van der Waals surface area contributed by atoms with Crippen molar-refractivity contribution in [1.82, 2.24) is 5.32 Å². The molecule has 0 spiro atoms. The van der Waals surface area contributed by atoms with Crippen LogP contribution in [0.5, 0.6) is 0 Å². The lowest BCUT2D eigenvalue weighted by Gasteiger charge is -2.23. The molecule has 256 valence electrons. The van der Waals surface area contributed by atoms with Crippen LogP contribution in [0, 0.1) is 11.3 Å². The molecule has 7 aromatic carbocycles. The molecule has 10 rings (SSSR count). The van der Waals surface area contributed by atoms with Crippen LogP contribution in [0.4, 0.5) is 0 Å². The van der Waals surface area contributed by atoms with Gasteiger partial charge in [0.2, 0.25) is 0 Å². The molecule has 2 aliphatic rings. The highest BCUT2D eigenvalue weighted by molar-refractivity contribution is 6.14. The minimum Gasteiger partial charge on any atom is -0.455 e. The number of hydrogen-bond acceptors (Lipinski definition) is 5. The SMILES string of the molecule is CC1(C)c2cc(C#N)ccc2-c2ccc(-c3c(-c4ccc(C5=NC(c6ccccc6)NC(c6ccccc6)=N5)cc4)ccc4c3oc3ccccc34)cc21. The lowest BCUT2D eigenvalue weighted by atomic mass is 9.80. The maximum atomic E-state index is 9.68. The van der Waals surface area contributed by atoms with Crippen molar-refractivity contribution in [3.8, 4) is 39.4 Å². The predicted molar refractivity (Wildman–Crippen MR) is 219 cm³/mol. The average molecular weight is 695 g/mol. The maximum absolute atomic E-state index is 9.68. The third kappa shape index (κ3) is 5.07. The fourth-order valence-corrected chi connectivity index (χ4v) is 8.20. The van der Waals surface area contributed by atoms with Crippen molar-refractivity contribution in [2.45, 2.75) is 25.4 Å². The number of hydrogen-bond donors (Lipinski definition) is 1. The van der Waals surface area contributed by atoms with Crippen LogP contribution in [-0.4, -0.2) is 11.7 Å². The van der Waals surface area contributed by atoms with Gasteiger partial charge >= 0.3 is 0 Å². The molecule has 1 aliphatic carbocycles. The fraction of sp³-hybridized carbons (Fsp3) is 0.0816. The highest BCUT2D eigenvalue weighted by Crippen LogP contribution is 2.51. The van der Waals surface area contributed by atoms with Gasteiger partial charge in [-0.3, -0.25) is 0 Å². The molecule has 1 aromatic heterocycles. The molecule has 0 saturated carbocycles. The van der Waals surface area contributed by atoms with Crippen molar-refractivity contribution < 1.29 is 4.42 Å². The topological polar surface area (TPSA) is 73.7 Å². The standard InChI is InChI=1S/C49H34N4O/c1-49(2)41-27-30(29-50)17-23-37(41)38-24-22-35(28-42(38)49)44-36(25-26-40-39-15-9-10-16-43(39)54-45(40)44)31-18-20-34(21-19-31)48-52-46(32-11-5-3-6-12-32)51-47(53-48)33-13-7-4-8-14-33/h3-28,46H,1-2H3,(H,51,52,53). The first-order valence-corrected chi connectivity index (χ1v) is 18.2. The Morgan fingerprint density at radius 3 is 2.04 bits per heavy atom.